The molecule has 33 heavy (non-hydrogen) atoms. The highest BCUT2D eigenvalue weighted by Gasteiger charge is 2.46. The van der Waals surface area contributed by atoms with Crippen LogP contribution in [-0.4, -0.2) is 75.1 Å². The molecule has 2 atom stereocenters. The Kier molecular flexibility index (Phi) is 5.91. The second-order valence-corrected chi connectivity index (χ2v) is 9.15. The van der Waals surface area contributed by atoms with Gasteiger partial charge in [-0.25, -0.2) is 4.68 Å². The molecule has 7 nitrogen and oxygen atoms in total. The smallest absolute Gasteiger partial charge is 0.247 e. The number of likely N-dealkylation sites (N-methyl/N-ethyl adjacent to an activating group) is 1. The minimum atomic E-state index is -0.446. The maximum absolute atomic E-state index is 13.3. The van der Waals surface area contributed by atoms with Gasteiger partial charge >= 0.3 is 0 Å². The fraction of sp³-hybridized carbons (Fsp3) is 0.320. The summed E-state index contributed by atoms with van der Waals surface area (Å²) in [7, 11) is 1.75. The lowest BCUT2D eigenvalue weighted by Crippen LogP contribution is -2.69. The van der Waals surface area contributed by atoms with Crippen LogP contribution in [0.15, 0.2) is 67.0 Å². The Balaban J connectivity index is 1.26. The second-order valence-electron chi connectivity index (χ2n) is 8.71. The maximum atomic E-state index is 13.3. The molecule has 0 bridgehead atoms. The van der Waals surface area contributed by atoms with Crippen molar-refractivity contribution >= 4 is 23.4 Å². The van der Waals surface area contributed by atoms with Crippen molar-refractivity contribution in [3.8, 4) is 5.69 Å². The van der Waals surface area contributed by atoms with E-state index in [0.29, 0.717) is 31.1 Å². The van der Waals surface area contributed by atoms with Gasteiger partial charge < -0.3 is 9.80 Å². The third kappa shape index (κ3) is 4.38. The lowest BCUT2D eigenvalue weighted by atomic mass is 9.97. The molecule has 0 radical (unpaired) electrons. The first-order valence-corrected chi connectivity index (χ1v) is 11.5. The molecule has 2 aliphatic rings. The Morgan fingerprint density at radius 1 is 1.00 bits per heavy atom. The summed E-state index contributed by atoms with van der Waals surface area (Å²) in [5.41, 5.74) is 3.01. The van der Waals surface area contributed by atoms with Crippen molar-refractivity contribution in [1.82, 2.24) is 24.5 Å². The van der Waals surface area contributed by atoms with Gasteiger partial charge in [0.1, 0.15) is 12.1 Å². The number of hydrogen-bond donors (Lipinski definition) is 0. The van der Waals surface area contributed by atoms with E-state index >= 15 is 0 Å². The van der Waals surface area contributed by atoms with E-state index in [2.05, 4.69) is 10.00 Å². The Morgan fingerprint density at radius 2 is 1.82 bits per heavy atom. The number of fused-ring (bicyclic) bond motifs is 1. The molecule has 2 aromatic carbocycles. The molecular formula is C25H26ClN5O2. The van der Waals surface area contributed by atoms with E-state index in [1.165, 1.54) is 0 Å². The van der Waals surface area contributed by atoms with E-state index in [4.69, 9.17) is 11.6 Å². The number of hydrogen-bond acceptors (Lipinski definition) is 4. The molecule has 2 fully saturated rings. The Labute approximate surface area is 198 Å². The molecule has 8 heteroatoms. The van der Waals surface area contributed by atoms with Gasteiger partial charge in [-0.3, -0.25) is 14.5 Å². The summed E-state index contributed by atoms with van der Waals surface area (Å²) in [6, 6.07) is 16.5. The normalized spacial score (nSPS) is 21.4. The third-order valence-corrected chi connectivity index (χ3v) is 6.75. The van der Waals surface area contributed by atoms with E-state index in [9.17, 15) is 9.59 Å². The number of carbonyl (C=O) groups excluding carboxylic acids is 2. The van der Waals surface area contributed by atoms with E-state index in [0.717, 1.165) is 23.4 Å². The molecule has 2 saturated heterocycles. The number of amides is 2. The quantitative estimate of drug-likeness (QED) is 0.583. The lowest BCUT2D eigenvalue weighted by Gasteiger charge is -2.48. The number of nitrogens with zero attached hydrogens (tertiary/aromatic N) is 5. The monoisotopic (exact) mass is 463 g/mol. The summed E-state index contributed by atoms with van der Waals surface area (Å²) in [4.78, 5) is 32.1. The summed E-state index contributed by atoms with van der Waals surface area (Å²) in [5.74, 6) is 0.0502. The standard InChI is InChI=1S/C25H26ClN5O2/c1-28-22(12-18-6-3-2-4-7-18)25(33)30-11-10-29(17-23(30)24(28)32)15-19-14-27-31(16-19)21-9-5-8-20(26)13-21/h2-9,13-14,16,22-23H,10-12,15,17H2,1H3/t22-,23+/m0/s1. The molecular weight excluding hydrogens is 438 g/mol. The third-order valence-electron chi connectivity index (χ3n) is 6.52. The van der Waals surface area contributed by atoms with Crippen LogP contribution in [0.2, 0.25) is 5.02 Å². The molecule has 0 aliphatic carbocycles. The fourth-order valence-corrected chi connectivity index (χ4v) is 4.91. The highest BCUT2D eigenvalue weighted by Crippen LogP contribution is 2.24. The largest absolute Gasteiger partial charge is 0.332 e. The predicted molar refractivity (Wildman–Crippen MR) is 126 cm³/mol. The summed E-state index contributed by atoms with van der Waals surface area (Å²) in [6.45, 7) is 2.47. The van der Waals surface area contributed by atoms with Crippen LogP contribution in [0.3, 0.4) is 0 Å². The van der Waals surface area contributed by atoms with Crippen molar-refractivity contribution in [3.63, 3.8) is 0 Å². The van der Waals surface area contributed by atoms with Gasteiger partial charge in [0.2, 0.25) is 11.8 Å². The van der Waals surface area contributed by atoms with Gasteiger partial charge in [-0.1, -0.05) is 48.0 Å². The van der Waals surface area contributed by atoms with Crippen molar-refractivity contribution in [2.75, 3.05) is 26.7 Å². The van der Waals surface area contributed by atoms with Crippen LogP contribution in [0.25, 0.3) is 5.69 Å². The molecule has 2 amide bonds. The minimum absolute atomic E-state index is 0.00912. The number of benzene rings is 2. The van der Waals surface area contributed by atoms with Crippen molar-refractivity contribution in [1.29, 1.82) is 0 Å². The first-order chi connectivity index (χ1) is 16.0. The zero-order chi connectivity index (χ0) is 22.9. The Bertz CT molecular complexity index is 1160. The van der Waals surface area contributed by atoms with E-state index in [1.54, 1.807) is 21.5 Å². The van der Waals surface area contributed by atoms with Crippen molar-refractivity contribution in [3.05, 3.63) is 83.1 Å². The van der Waals surface area contributed by atoms with Gasteiger partial charge in [0, 0.05) is 56.4 Å². The highest BCUT2D eigenvalue weighted by atomic mass is 35.5. The summed E-state index contributed by atoms with van der Waals surface area (Å²) in [5, 5.41) is 5.12. The van der Waals surface area contributed by atoms with Gasteiger partial charge in [0.25, 0.3) is 0 Å². The zero-order valence-corrected chi connectivity index (χ0v) is 19.2. The molecule has 0 saturated carbocycles. The van der Waals surface area contributed by atoms with E-state index in [1.807, 2.05) is 67.0 Å². The average Bonchev–Trinajstić information content (AvgIpc) is 3.29. The highest BCUT2D eigenvalue weighted by molar-refractivity contribution is 6.30. The molecule has 0 spiro atoms. The molecule has 1 aromatic heterocycles. The number of piperazine rings is 2. The van der Waals surface area contributed by atoms with Crippen LogP contribution >= 0.6 is 11.6 Å². The molecule has 170 valence electrons. The minimum Gasteiger partial charge on any atom is -0.332 e. The van der Waals surface area contributed by atoms with Crippen LogP contribution in [0, 0.1) is 0 Å². The van der Waals surface area contributed by atoms with E-state index in [-0.39, 0.29) is 11.8 Å². The van der Waals surface area contributed by atoms with Crippen LogP contribution in [0.1, 0.15) is 11.1 Å². The van der Waals surface area contributed by atoms with Gasteiger partial charge in [-0.15, -0.1) is 0 Å². The summed E-state index contributed by atoms with van der Waals surface area (Å²) in [6.07, 6.45) is 4.36. The van der Waals surface area contributed by atoms with Crippen LogP contribution in [-0.2, 0) is 22.6 Å². The summed E-state index contributed by atoms with van der Waals surface area (Å²) < 4.78 is 1.80. The SMILES string of the molecule is CN1C(=O)[C@H]2CN(Cc3cnn(-c4cccc(Cl)c4)c3)CCN2C(=O)[C@@H]1Cc1ccccc1. The van der Waals surface area contributed by atoms with Crippen molar-refractivity contribution in [2.24, 2.45) is 0 Å². The second kappa shape index (κ2) is 9.00. The first-order valence-electron chi connectivity index (χ1n) is 11.1. The molecule has 3 aromatic rings. The number of carbonyl (C=O) groups is 2. The van der Waals surface area contributed by atoms with Gasteiger partial charge in [-0.05, 0) is 23.8 Å². The van der Waals surface area contributed by atoms with Crippen LogP contribution < -0.4 is 0 Å². The summed E-state index contributed by atoms with van der Waals surface area (Å²) >= 11 is 6.10. The molecule has 3 heterocycles. The average molecular weight is 464 g/mol. The number of rotatable bonds is 5. The Morgan fingerprint density at radius 3 is 2.61 bits per heavy atom. The lowest BCUT2D eigenvalue weighted by molar-refractivity contribution is -0.164. The fourth-order valence-electron chi connectivity index (χ4n) is 4.73. The molecule has 5 rings (SSSR count). The maximum Gasteiger partial charge on any atom is 0.247 e. The molecule has 0 unspecified atom stereocenters. The van der Waals surface area contributed by atoms with Crippen LogP contribution in [0.4, 0.5) is 0 Å². The number of halogens is 1. The molecule has 2 aliphatic heterocycles. The van der Waals surface area contributed by atoms with Crippen LogP contribution in [0.5, 0.6) is 0 Å². The first kappa shape index (κ1) is 21.7. The van der Waals surface area contributed by atoms with Crippen molar-refractivity contribution in [2.45, 2.75) is 25.0 Å². The predicted octanol–water partition coefficient (Wildman–Crippen LogP) is 2.62. The number of aromatic nitrogens is 2. The Hall–Kier alpha value is -3.16. The zero-order valence-electron chi connectivity index (χ0n) is 18.5. The van der Waals surface area contributed by atoms with E-state index < -0.39 is 12.1 Å². The van der Waals surface area contributed by atoms with Gasteiger partial charge in [0.15, 0.2) is 0 Å². The van der Waals surface area contributed by atoms with Gasteiger partial charge in [0.05, 0.1) is 11.9 Å². The van der Waals surface area contributed by atoms with Crippen molar-refractivity contribution < 1.29 is 9.59 Å². The topological polar surface area (TPSA) is 61.7 Å². The molecule has 0 N–H and O–H groups in total. The van der Waals surface area contributed by atoms with Gasteiger partial charge in [-0.2, -0.15) is 5.10 Å².